The minimum Gasteiger partial charge on any atom is -0.376 e. The summed E-state index contributed by atoms with van der Waals surface area (Å²) in [6.45, 7) is 6.17. The molecule has 1 aromatic rings. The van der Waals surface area contributed by atoms with Gasteiger partial charge in [-0.2, -0.15) is 0 Å². The first-order chi connectivity index (χ1) is 8.27. The first-order valence-electron chi connectivity index (χ1n) is 6.57. The summed E-state index contributed by atoms with van der Waals surface area (Å²) in [6, 6.07) is 0.209. The van der Waals surface area contributed by atoms with Crippen molar-refractivity contribution in [1.82, 2.24) is 14.9 Å². The number of aryl methyl sites for hydroxylation is 1. The molecule has 17 heavy (non-hydrogen) atoms. The highest BCUT2D eigenvalue weighted by atomic mass is 16.5. The molecular weight excluding hydrogens is 214 g/mol. The molecule has 2 rings (SSSR count). The normalized spacial score (nSPS) is 19.9. The van der Waals surface area contributed by atoms with Gasteiger partial charge in [0.2, 0.25) is 0 Å². The van der Waals surface area contributed by atoms with Crippen molar-refractivity contribution in [3.05, 3.63) is 18.2 Å². The van der Waals surface area contributed by atoms with Crippen molar-refractivity contribution in [3.63, 3.8) is 0 Å². The SMILES string of the molecule is CCNC(c1nccn1CC)C1(OC)CCC1. The molecule has 1 fully saturated rings. The second kappa shape index (κ2) is 5.19. The molecule has 96 valence electrons. The maximum Gasteiger partial charge on any atom is 0.128 e. The number of methoxy groups -OCH3 is 1. The molecule has 1 saturated carbocycles. The number of ether oxygens (including phenoxy) is 1. The summed E-state index contributed by atoms with van der Waals surface area (Å²) in [5, 5.41) is 3.55. The zero-order valence-corrected chi connectivity index (χ0v) is 11.1. The number of likely N-dealkylation sites (N-methyl/N-ethyl adjacent to an activating group) is 1. The topological polar surface area (TPSA) is 39.1 Å². The van der Waals surface area contributed by atoms with Crippen molar-refractivity contribution in [1.29, 1.82) is 0 Å². The van der Waals surface area contributed by atoms with Gasteiger partial charge in [0.05, 0.1) is 11.6 Å². The molecule has 1 atom stereocenters. The third-order valence-electron chi connectivity index (χ3n) is 3.89. The summed E-state index contributed by atoms with van der Waals surface area (Å²) >= 11 is 0. The zero-order valence-electron chi connectivity index (χ0n) is 11.1. The summed E-state index contributed by atoms with van der Waals surface area (Å²) in [5.74, 6) is 1.11. The molecule has 0 aromatic carbocycles. The molecule has 0 saturated heterocycles. The van der Waals surface area contributed by atoms with Crippen LogP contribution in [0, 0.1) is 0 Å². The van der Waals surface area contributed by atoms with Crippen LogP contribution in [-0.4, -0.2) is 28.8 Å². The molecule has 4 nitrogen and oxygen atoms in total. The van der Waals surface area contributed by atoms with Crippen molar-refractivity contribution >= 4 is 0 Å². The zero-order chi connectivity index (χ0) is 12.3. The van der Waals surface area contributed by atoms with Gasteiger partial charge in [0.25, 0.3) is 0 Å². The fraction of sp³-hybridized carbons (Fsp3) is 0.769. The van der Waals surface area contributed by atoms with Crippen LogP contribution in [0.2, 0.25) is 0 Å². The van der Waals surface area contributed by atoms with Crippen LogP contribution in [0.1, 0.15) is 45.0 Å². The summed E-state index contributed by atoms with van der Waals surface area (Å²) in [6.07, 6.45) is 7.42. The first-order valence-corrected chi connectivity index (χ1v) is 6.57. The smallest absolute Gasteiger partial charge is 0.128 e. The van der Waals surface area contributed by atoms with E-state index >= 15 is 0 Å². The number of imidazole rings is 1. The number of nitrogens with zero attached hydrogens (tertiary/aromatic N) is 2. The number of hydrogen-bond acceptors (Lipinski definition) is 3. The van der Waals surface area contributed by atoms with Crippen molar-refractivity contribution in [3.8, 4) is 0 Å². The molecule has 0 spiro atoms. The van der Waals surface area contributed by atoms with Gasteiger partial charge in [0.1, 0.15) is 5.82 Å². The Morgan fingerprint density at radius 1 is 1.53 bits per heavy atom. The van der Waals surface area contributed by atoms with E-state index < -0.39 is 0 Å². The van der Waals surface area contributed by atoms with E-state index in [1.165, 1.54) is 6.42 Å². The largest absolute Gasteiger partial charge is 0.376 e. The first kappa shape index (κ1) is 12.6. The maximum atomic E-state index is 5.80. The Morgan fingerprint density at radius 2 is 2.29 bits per heavy atom. The number of nitrogens with one attached hydrogen (secondary N) is 1. The minimum atomic E-state index is -0.0473. The van der Waals surface area contributed by atoms with Crippen LogP contribution < -0.4 is 5.32 Å². The maximum absolute atomic E-state index is 5.80. The van der Waals surface area contributed by atoms with Crippen LogP contribution in [0.5, 0.6) is 0 Å². The molecule has 0 aliphatic heterocycles. The van der Waals surface area contributed by atoms with Crippen molar-refractivity contribution < 1.29 is 4.74 Å². The Balaban J connectivity index is 2.28. The summed E-state index contributed by atoms with van der Waals surface area (Å²) < 4.78 is 8.00. The van der Waals surface area contributed by atoms with E-state index in [9.17, 15) is 0 Å². The summed E-state index contributed by atoms with van der Waals surface area (Å²) in [5.41, 5.74) is -0.0473. The Hall–Kier alpha value is -0.870. The van der Waals surface area contributed by atoms with Gasteiger partial charge in [-0.05, 0) is 32.7 Å². The van der Waals surface area contributed by atoms with E-state index in [0.29, 0.717) is 0 Å². The molecule has 1 aliphatic carbocycles. The lowest BCUT2D eigenvalue weighted by atomic mass is 9.74. The average molecular weight is 237 g/mol. The lowest BCUT2D eigenvalue weighted by Gasteiger charge is -2.46. The highest BCUT2D eigenvalue weighted by Crippen LogP contribution is 2.44. The molecule has 1 aliphatic rings. The standard InChI is InChI=1S/C13H23N3O/c1-4-14-11(13(17-3)7-6-8-13)12-15-9-10-16(12)5-2/h9-11,14H,4-8H2,1-3H3. The fourth-order valence-electron chi connectivity index (χ4n) is 2.70. The van der Waals surface area contributed by atoms with E-state index in [0.717, 1.165) is 31.8 Å². The molecule has 1 heterocycles. The Bertz CT molecular complexity index is 352. The molecule has 0 bridgehead atoms. The van der Waals surface area contributed by atoms with Crippen molar-refractivity contribution in [2.75, 3.05) is 13.7 Å². The van der Waals surface area contributed by atoms with Crippen LogP contribution in [0.25, 0.3) is 0 Å². The van der Waals surface area contributed by atoms with E-state index in [-0.39, 0.29) is 11.6 Å². The van der Waals surface area contributed by atoms with Gasteiger partial charge >= 0.3 is 0 Å². The van der Waals surface area contributed by atoms with Crippen molar-refractivity contribution in [2.24, 2.45) is 0 Å². The fourth-order valence-corrected chi connectivity index (χ4v) is 2.70. The number of aromatic nitrogens is 2. The lowest BCUT2D eigenvalue weighted by Crippen LogP contribution is -2.51. The average Bonchev–Trinajstić information content (AvgIpc) is 2.74. The van der Waals surface area contributed by atoms with Gasteiger partial charge in [-0.3, -0.25) is 0 Å². The number of hydrogen-bond donors (Lipinski definition) is 1. The predicted octanol–water partition coefficient (Wildman–Crippen LogP) is 2.12. The van der Waals surface area contributed by atoms with E-state index in [4.69, 9.17) is 4.74 Å². The second-order valence-corrected chi connectivity index (χ2v) is 4.68. The summed E-state index contributed by atoms with van der Waals surface area (Å²) in [7, 11) is 1.82. The Kier molecular flexibility index (Phi) is 3.84. The van der Waals surface area contributed by atoms with Crippen LogP contribution in [-0.2, 0) is 11.3 Å². The minimum absolute atomic E-state index is 0.0473. The second-order valence-electron chi connectivity index (χ2n) is 4.68. The molecule has 1 aromatic heterocycles. The molecule has 0 amide bonds. The third kappa shape index (κ3) is 2.11. The van der Waals surface area contributed by atoms with Gasteiger partial charge < -0.3 is 14.6 Å². The predicted molar refractivity (Wildman–Crippen MR) is 67.9 cm³/mol. The Labute approximate surface area is 103 Å². The highest BCUT2D eigenvalue weighted by Gasteiger charge is 2.46. The van der Waals surface area contributed by atoms with Crippen molar-refractivity contribution in [2.45, 2.75) is 51.3 Å². The van der Waals surface area contributed by atoms with Crippen LogP contribution >= 0.6 is 0 Å². The molecule has 1 N–H and O–H groups in total. The Morgan fingerprint density at radius 3 is 2.76 bits per heavy atom. The van der Waals surface area contributed by atoms with E-state index in [1.54, 1.807) is 0 Å². The molecular formula is C13H23N3O. The van der Waals surface area contributed by atoms with Gasteiger partial charge in [-0.1, -0.05) is 6.92 Å². The third-order valence-corrected chi connectivity index (χ3v) is 3.89. The van der Waals surface area contributed by atoms with Gasteiger partial charge in [-0.15, -0.1) is 0 Å². The summed E-state index contributed by atoms with van der Waals surface area (Å²) in [4.78, 5) is 4.52. The van der Waals surface area contributed by atoms with Gasteiger partial charge in [0.15, 0.2) is 0 Å². The number of rotatable bonds is 6. The molecule has 4 heteroatoms. The van der Waals surface area contributed by atoms with Crippen LogP contribution in [0.15, 0.2) is 12.4 Å². The van der Waals surface area contributed by atoms with E-state index in [2.05, 4.69) is 28.7 Å². The molecule has 0 radical (unpaired) electrons. The van der Waals surface area contributed by atoms with E-state index in [1.807, 2.05) is 19.5 Å². The monoisotopic (exact) mass is 237 g/mol. The van der Waals surface area contributed by atoms with Crippen LogP contribution in [0.4, 0.5) is 0 Å². The quantitative estimate of drug-likeness (QED) is 0.823. The lowest BCUT2D eigenvalue weighted by molar-refractivity contribution is -0.102. The van der Waals surface area contributed by atoms with Gasteiger partial charge in [0, 0.05) is 26.0 Å². The van der Waals surface area contributed by atoms with Gasteiger partial charge in [-0.25, -0.2) is 4.98 Å². The van der Waals surface area contributed by atoms with Crippen LogP contribution in [0.3, 0.4) is 0 Å². The molecule has 1 unspecified atom stereocenters. The highest BCUT2D eigenvalue weighted by molar-refractivity contribution is 5.11.